The van der Waals surface area contributed by atoms with Crippen molar-refractivity contribution in [3.63, 3.8) is 0 Å². The van der Waals surface area contributed by atoms with E-state index in [9.17, 15) is 0 Å². The molecule has 2 N–H and O–H groups in total. The summed E-state index contributed by atoms with van der Waals surface area (Å²) in [6.45, 7) is 0. The van der Waals surface area contributed by atoms with Gasteiger partial charge in [0.25, 0.3) is 0 Å². The predicted octanol–water partition coefficient (Wildman–Crippen LogP) is 1.34. The van der Waals surface area contributed by atoms with Crippen LogP contribution in [0.25, 0.3) is 5.69 Å². The lowest BCUT2D eigenvalue weighted by Gasteiger charge is -2.10. The molecule has 6 nitrogen and oxygen atoms in total. The summed E-state index contributed by atoms with van der Waals surface area (Å²) < 4.78 is 11.8. The molecule has 0 aliphatic heterocycles. The molecule has 2 aromatic rings. The summed E-state index contributed by atoms with van der Waals surface area (Å²) in [5.41, 5.74) is 6.85. The van der Waals surface area contributed by atoms with Crippen molar-refractivity contribution in [2.45, 2.75) is 0 Å². The number of benzene rings is 1. The number of hydrogen-bond acceptors (Lipinski definition) is 5. The highest BCUT2D eigenvalue weighted by molar-refractivity contribution is 5.55. The zero-order valence-corrected chi connectivity index (χ0v) is 10.0. The van der Waals surface area contributed by atoms with Crippen LogP contribution in [0.5, 0.6) is 11.5 Å². The molecule has 0 spiro atoms. The lowest BCUT2D eigenvalue weighted by Crippen LogP contribution is -2.03. The average molecular weight is 244 g/mol. The van der Waals surface area contributed by atoms with Crippen LogP contribution in [-0.4, -0.2) is 24.0 Å². The van der Waals surface area contributed by atoms with E-state index in [0.717, 1.165) is 0 Å². The SMILES string of the molecule is COc1ccc(-n2ncc(C#N)c2N)cc1OC. The molecule has 6 heteroatoms. The molecule has 0 aliphatic carbocycles. The van der Waals surface area contributed by atoms with Crippen LogP contribution < -0.4 is 15.2 Å². The van der Waals surface area contributed by atoms with E-state index in [1.807, 2.05) is 6.07 Å². The van der Waals surface area contributed by atoms with Gasteiger partial charge in [-0.25, -0.2) is 4.68 Å². The Morgan fingerprint density at radius 2 is 2.00 bits per heavy atom. The van der Waals surface area contributed by atoms with Gasteiger partial charge in [-0.15, -0.1) is 0 Å². The van der Waals surface area contributed by atoms with Gasteiger partial charge in [0.05, 0.1) is 26.1 Å². The smallest absolute Gasteiger partial charge is 0.162 e. The van der Waals surface area contributed by atoms with Crippen molar-refractivity contribution in [2.24, 2.45) is 0 Å². The Balaban J connectivity index is 2.51. The third kappa shape index (κ3) is 1.82. The largest absolute Gasteiger partial charge is 0.493 e. The van der Waals surface area contributed by atoms with Gasteiger partial charge in [0.2, 0.25) is 0 Å². The summed E-state index contributed by atoms with van der Waals surface area (Å²) in [6.07, 6.45) is 1.42. The van der Waals surface area contributed by atoms with Crippen molar-refractivity contribution in [1.82, 2.24) is 9.78 Å². The van der Waals surface area contributed by atoms with Gasteiger partial charge in [0.15, 0.2) is 11.5 Å². The molecule has 0 atom stereocenters. The number of nitrogens with two attached hydrogens (primary N) is 1. The lowest BCUT2D eigenvalue weighted by molar-refractivity contribution is 0.355. The van der Waals surface area contributed by atoms with E-state index in [4.69, 9.17) is 20.5 Å². The zero-order valence-electron chi connectivity index (χ0n) is 10.0. The van der Waals surface area contributed by atoms with Crippen LogP contribution in [0.15, 0.2) is 24.4 Å². The molecule has 0 amide bonds. The van der Waals surface area contributed by atoms with Crippen molar-refractivity contribution in [2.75, 3.05) is 20.0 Å². The first-order valence-corrected chi connectivity index (χ1v) is 5.17. The Morgan fingerprint density at radius 1 is 1.28 bits per heavy atom. The third-order valence-electron chi connectivity index (χ3n) is 2.54. The Labute approximate surface area is 104 Å². The Bertz CT molecular complexity index is 613. The van der Waals surface area contributed by atoms with E-state index in [2.05, 4.69) is 5.10 Å². The minimum Gasteiger partial charge on any atom is -0.493 e. The Hall–Kier alpha value is -2.68. The molecule has 0 aliphatic rings. The molecule has 0 saturated carbocycles. The molecule has 0 bridgehead atoms. The van der Waals surface area contributed by atoms with Gasteiger partial charge in [-0.3, -0.25) is 0 Å². The molecule has 0 unspecified atom stereocenters. The summed E-state index contributed by atoms with van der Waals surface area (Å²) in [7, 11) is 3.11. The first-order valence-electron chi connectivity index (χ1n) is 5.17. The molecule has 92 valence electrons. The molecular weight excluding hydrogens is 232 g/mol. The highest BCUT2D eigenvalue weighted by Crippen LogP contribution is 2.29. The molecule has 0 fully saturated rings. The second-order valence-electron chi connectivity index (χ2n) is 3.51. The normalized spacial score (nSPS) is 9.83. The fourth-order valence-electron chi connectivity index (χ4n) is 1.61. The zero-order chi connectivity index (χ0) is 13.1. The highest BCUT2D eigenvalue weighted by Gasteiger charge is 2.11. The van der Waals surface area contributed by atoms with E-state index < -0.39 is 0 Å². The molecule has 1 aromatic carbocycles. The van der Waals surface area contributed by atoms with Crippen LogP contribution in [0.4, 0.5) is 5.82 Å². The first kappa shape index (κ1) is 11.8. The maximum atomic E-state index is 8.83. The fraction of sp³-hybridized carbons (Fsp3) is 0.167. The van der Waals surface area contributed by atoms with Crippen LogP contribution in [0.2, 0.25) is 0 Å². The molecule has 1 heterocycles. The molecule has 2 rings (SSSR count). The van der Waals surface area contributed by atoms with E-state index in [1.165, 1.54) is 10.9 Å². The number of aromatic nitrogens is 2. The van der Waals surface area contributed by atoms with E-state index >= 15 is 0 Å². The second-order valence-corrected chi connectivity index (χ2v) is 3.51. The van der Waals surface area contributed by atoms with E-state index in [1.54, 1.807) is 32.4 Å². The summed E-state index contributed by atoms with van der Waals surface area (Å²) in [6, 6.07) is 7.25. The Kier molecular flexibility index (Phi) is 3.06. The Morgan fingerprint density at radius 3 is 2.56 bits per heavy atom. The number of anilines is 1. The fourth-order valence-corrected chi connectivity index (χ4v) is 1.61. The number of ether oxygens (including phenoxy) is 2. The number of rotatable bonds is 3. The standard InChI is InChI=1S/C12H12N4O2/c1-17-10-4-3-9(5-11(10)18-2)16-12(14)8(6-13)7-15-16/h3-5,7H,14H2,1-2H3. The van der Waals surface area contributed by atoms with Crippen LogP contribution >= 0.6 is 0 Å². The minimum absolute atomic E-state index is 0.296. The van der Waals surface area contributed by atoms with Crippen LogP contribution in [-0.2, 0) is 0 Å². The molecule has 0 radical (unpaired) electrons. The number of nitrogen functional groups attached to an aromatic ring is 1. The minimum atomic E-state index is 0.296. The third-order valence-corrected chi connectivity index (χ3v) is 2.54. The molecular formula is C12H12N4O2. The van der Waals surface area contributed by atoms with E-state index in [-0.39, 0.29) is 0 Å². The summed E-state index contributed by atoms with van der Waals surface area (Å²) in [5.74, 6) is 1.49. The highest BCUT2D eigenvalue weighted by atomic mass is 16.5. The number of nitrogens with zero attached hydrogens (tertiary/aromatic N) is 3. The van der Waals surface area contributed by atoms with Gasteiger partial charge < -0.3 is 15.2 Å². The van der Waals surface area contributed by atoms with Gasteiger partial charge in [-0.1, -0.05) is 0 Å². The first-order chi connectivity index (χ1) is 8.71. The summed E-state index contributed by atoms with van der Waals surface area (Å²) >= 11 is 0. The average Bonchev–Trinajstić information content (AvgIpc) is 2.79. The number of hydrogen-bond donors (Lipinski definition) is 1. The van der Waals surface area contributed by atoms with Gasteiger partial charge in [0.1, 0.15) is 17.5 Å². The second kappa shape index (κ2) is 4.67. The van der Waals surface area contributed by atoms with Crippen LogP contribution in [0.1, 0.15) is 5.56 Å². The van der Waals surface area contributed by atoms with Gasteiger partial charge >= 0.3 is 0 Å². The van der Waals surface area contributed by atoms with Crippen LogP contribution in [0, 0.1) is 11.3 Å². The molecule has 0 saturated heterocycles. The summed E-state index contributed by atoms with van der Waals surface area (Å²) in [5, 5.41) is 12.9. The van der Waals surface area contributed by atoms with Crippen molar-refractivity contribution in [3.8, 4) is 23.3 Å². The van der Waals surface area contributed by atoms with Crippen molar-refractivity contribution in [1.29, 1.82) is 5.26 Å². The monoisotopic (exact) mass is 244 g/mol. The maximum Gasteiger partial charge on any atom is 0.162 e. The summed E-state index contributed by atoms with van der Waals surface area (Å²) in [4.78, 5) is 0. The van der Waals surface area contributed by atoms with Crippen LogP contribution in [0.3, 0.4) is 0 Å². The van der Waals surface area contributed by atoms with E-state index in [0.29, 0.717) is 28.6 Å². The van der Waals surface area contributed by atoms with Crippen molar-refractivity contribution < 1.29 is 9.47 Å². The number of nitriles is 1. The van der Waals surface area contributed by atoms with Crippen molar-refractivity contribution in [3.05, 3.63) is 30.0 Å². The number of methoxy groups -OCH3 is 2. The molecule has 1 aromatic heterocycles. The van der Waals surface area contributed by atoms with Gasteiger partial charge in [-0.2, -0.15) is 10.4 Å². The quantitative estimate of drug-likeness (QED) is 0.880. The topological polar surface area (TPSA) is 86.1 Å². The van der Waals surface area contributed by atoms with Gasteiger partial charge in [-0.05, 0) is 12.1 Å². The predicted molar refractivity (Wildman–Crippen MR) is 65.8 cm³/mol. The van der Waals surface area contributed by atoms with Crippen molar-refractivity contribution >= 4 is 5.82 Å². The molecule has 18 heavy (non-hydrogen) atoms. The maximum absolute atomic E-state index is 8.83. The lowest BCUT2D eigenvalue weighted by atomic mass is 10.2. The van der Waals surface area contributed by atoms with Gasteiger partial charge in [0, 0.05) is 6.07 Å².